The van der Waals surface area contributed by atoms with Gasteiger partial charge in [0, 0.05) is 32.2 Å². The largest absolute Gasteiger partial charge is 0.451 e. The summed E-state index contributed by atoms with van der Waals surface area (Å²) in [5.74, 6) is 1.63. The summed E-state index contributed by atoms with van der Waals surface area (Å²) < 4.78 is 19.6. The van der Waals surface area contributed by atoms with Crippen LogP contribution in [0.3, 0.4) is 0 Å². The third-order valence-electron chi connectivity index (χ3n) is 10.5. The van der Waals surface area contributed by atoms with Crippen LogP contribution in [-0.2, 0) is 4.74 Å². The average molecular weight is 687 g/mol. The van der Waals surface area contributed by atoms with Gasteiger partial charge in [-0.15, -0.1) is 0 Å². The number of hydrogen-bond acceptors (Lipinski definition) is 5. The third kappa shape index (κ3) is 22.3. The van der Waals surface area contributed by atoms with Crippen molar-refractivity contribution in [2.24, 2.45) is 0 Å². The number of nitrogens with zero attached hydrogens (tertiary/aromatic N) is 2. The molecule has 0 N–H and O–H groups in total. The van der Waals surface area contributed by atoms with E-state index in [1.165, 1.54) is 180 Å². The van der Waals surface area contributed by atoms with Crippen LogP contribution in [0.1, 0.15) is 207 Å². The van der Waals surface area contributed by atoms with Crippen LogP contribution in [0.4, 0.5) is 0 Å². The molecule has 2 atom stereocenters. The predicted octanol–water partition coefficient (Wildman–Crippen LogP) is 13.6. The Labute approximate surface area is 305 Å². The lowest BCUT2D eigenvalue weighted by Gasteiger charge is -2.38. The molecule has 49 heavy (non-hydrogen) atoms. The SMILES string of the molecule is CCCCCCCCCCCCCCCCN(CC)C1Oc2cccc(c2)OC(N(CC)CCCCCCCCCCCCCCCC)O1. The van der Waals surface area contributed by atoms with Crippen molar-refractivity contribution in [2.45, 2.75) is 220 Å². The molecule has 2 rings (SSSR count). The van der Waals surface area contributed by atoms with Crippen molar-refractivity contribution in [3.05, 3.63) is 24.3 Å². The minimum Gasteiger partial charge on any atom is -0.451 e. The number of ether oxygens (including phenoxy) is 3. The monoisotopic (exact) mass is 687 g/mol. The molecule has 0 amide bonds. The van der Waals surface area contributed by atoms with E-state index in [-0.39, 0.29) is 0 Å². The predicted molar refractivity (Wildman–Crippen MR) is 211 cm³/mol. The number of benzene rings is 1. The van der Waals surface area contributed by atoms with E-state index in [1.807, 2.05) is 24.3 Å². The number of rotatable bonds is 34. The molecule has 0 saturated heterocycles. The Balaban J connectivity index is 1.65. The van der Waals surface area contributed by atoms with E-state index in [9.17, 15) is 0 Å². The minimum atomic E-state index is -0.446. The van der Waals surface area contributed by atoms with Crippen LogP contribution in [0, 0.1) is 0 Å². The van der Waals surface area contributed by atoms with Gasteiger partial charge in [0.1, 0.15) is 11.5 Å². The van der Waals surface area contributed by atoms with Gasteiger partial charge in [0.2, 0.25) is 0 Å². The molecule has 2 unspecified atom stereocenters. The lowest BCUT2D eigenvalue weighted by molar-refractivity contribution is -0.288. The molecule has 1 aliphatic heterocycles. The van der Waals surface area contributed by atoms with Gasteiger partial charge in [-0.2, -0.15) is 0 Å². The van der Waals surface area contributed by atoms with Gasteiger partial charge in [-0.1, -0.05) is 201 Å². The molecule has 2 bridgehead atoms. The Kier molecular flexibility index (Phi) is 28.1. The summed E-state index contributed by atoms with van der Waals surface area (Å²) in [5.41, 5.74) is 0. The highest BCUT2D eigenvalue weighted by molar-refractivity contribution is 5.33. The lowest BCUT2D eigenvalue weighted by atomic mass is 10.0. The van der Waals surface area contributed by atoms with Crippen molar-refractivity contribution in [2.75, 3.05) is 26.2 Å². The number of fused-ring (bicyclic) bond motifs is 2. The highest BCUT2D eigenvalue weighted by Crippen LogP contribution is 2.28. The zero-order chi connectivity index (χ0) is 35.0. The maximum absolute atomic E-state index is 6.66. The van der Waals surface area contributed by atoms with Crippen LogP contribution < -0.4 is 9.47 Å². The zero-order valence-electron chi connectivity index (χ0n) is 33.2. The number of unbranched alkanes of at least 4 members (excludes halogenated alkanes) is 26. The molecule has 0 spiro atoms. The Morgan fingerprint density at radius 1 is 0.408 bits per heavy atom. The second-order valence-corrected chi connectivity index (χ2v) is 14.9. The van der Waals surface area contributed by atoms with Gasteiger partial charge in [-0.05, 0) is 25.0 Å². The second-order valence-electron chi connectivity index (χ2n) is 14.9. The Morgan fingerprint density at radius 3 is 0.980 bits per heavy atom. The third-order valence-corrected chi connectivity index (χ3v) is 10.5. The van der Waals surface area contributed by atoms with Crippen molar-refractivity contribution in [1.82, 2.24) is 9.80 Å². The molecule has 0 fully saturated rings. The standard InChI is InChI=1S/C44H82N2O3/c1-5-9-11-13-15-17-19-21-23-25-27-29-31-33-38-45(7-3)43-47-41-36-35-37-42(40-41)48-44(49-43)46(8-4)39-34-32-30-28-26-24-22-20-18-16-14-12-10-6-2/h35-37,40,43-44H,5-34,38-39H2,1-4H3. The molecule has 0 aromatic heterocycles. The summed E-state index contributed by atoms with van der Waals surface area (Å²) >= 11 is 0. The minimum absolute atomic E-state index is 0.446. The smallest absolute Gasteiger partial charge is 0.266 e. The molecule has 1 heterocycles. The number of hydrogen-bond donors (Lipinski definition) is 0. The van der Waals surface area contributed by atoms with Gasteiger partial charge in [0.05, 0.1) is 0 Å². The van der Waals surface area contributed by atoms with Gasteiger partial charge in [-0.3, -0.25) is 4.74 Å². The first-order valence-corrected chi connectivity index (χ1v) is 21.8. The van der Waals surface area contributed by atoms with Crippen LogP contribution in [0.2, 0.25) is 0 Å². The summed E-state index contributed by atoms with van der Waals surface area (Å²) in [6, 6.07) is 8.06. The molecule has 5 heteroatoms. The van der Waals surface area contributed by atoms with E-state index < -0.39 is 12.8 Å². The Hall–Kier alpha value is -1.30. The lowest BCUT2D eigenvalue weighted by Crippen LogP contribution is -2.51. The second kappa shape index (κ2) is 31.4. The normalized spacial score (nSPS) is 16.1. The van der Waals surface area contributed by atoms with Crippen LogP contribution >= 0.6 is 0 Å². The summed E-state index contributed by atoms with van der Waals surface area (Å²) in [7, 11) is 0. The van der Waals surface area contributed by atoms with E-state index in [0.29, 0.717) is 0 Å². The van der Waals surface area contributed by atoms with Crippen molar-refractivity contribution in [1.29, 1.82) is 0 Å². The molecular formula is C44H82N2O3. The highest BCUT2D eigenvalue weighted by atomic mass is 16.8. The molecule has 1 aromatic rings. The molecule has 1 aliphatic rings. The van der Waals surface area contributed by atoms with Crippen molar-refractivity contribution in [3.63, 3.8) is 0 Å². The van der Waals surface area contributed by atoms with E-state index in [0.717, 1.165) is 37.7 Å². The molecule has 0 radical (unpaired) electrons. The first-order valence-electron chi connectivity index (χ1n) is 21.8. The van der Waals surface area contributed by atoms with Gasteiger partial charge in [0.25, 0.3) is 12.8 Å². The van der Waals surface area contributed by atoms with Crippen LogP contribution in [0.5, 0.6) is 11.5 Å². The van der Waals surface area contributed by atoms with Crippen molar-refractivity contribution >= 4 is 0 Å². The zero-order valence-corrected chi connectivity index (χ0v) is 33.2. The Morgan fingerprint density at radius 2 is 0.694 bits per heavy atom. The van der Waals surface area contributed by atoms with E-state index in [1.54, 1.807) is 0 Å². The molecule has 1 aromatic carbocycles. The van der Waals surface area contributed by atoms with Gasteiger partial charge in [-0.25, -0.2) is 9.80 Å². The first kappa shape index (κ1) is 43.9. The van der Waals surface area contributed by atoms with Crippen molar-refractivity contribution < 1.29 is 14.2 Å². The van der Waals surface area contributed by atoms with E-state index in [2.05, 4.69) is 37.5 Å². The summed E-state index contributed by atoms with van der Waals surface area (Å²) in [4.78, 5) is 4.68. The van der Waals surface area contributed by atoms with Gasteiger partial charge in [0.15, 0.2) is 0 Å². The quantitative estimate of drug-likeness (QED) is 0.0674. The average Bonchev–Trinajstić information content (AvgIpc) is 3.11. The maximum Gasteiger partial charge on any atom is 0.266 e. The first-order chi connectivity index (χ1) is 24.2. The molecule has 5 nitrogen and oxygen atoms in total. The summed E-state index contributed by atoms with van der Waals surface area (Å²) in [5, 5.41) is 0. The Bertz CT molecular complexity index is 788. The van der Waals surface area contributed by atoms with Crippen LogP contribution in [0.25, 0.3) is 0 Å². The van der Waals surface area contributed by atoms with Crippen molar-refractivity contribution in [3.8, 4) is 11.5 Å². The topological polar surface area (TPSA) is 34.2 Å². The van der Waals surface area contributed by atoms with E-state index >= 15 is 0 Å². The molecule has 286 valence electrons. The molecule has 0 aliphatic carbocycles. The van der Waals surface area contributed by atoms with Gasteiger partial charge < -0.3 is 9.47 Å². The fraction of sp³-hybridized carbons (Fsp3) is 0.864. The van der Waals surface area contributed by atoms with Crippen LogP contribution in [0.15, 0.2) is 24.3 Å². The fourth-order valence-corrected chi connectivity index (χ4v) is 7.17. The van der Waals surface area contributed by atoms with Gasteiger partial charge >= 0.3 is 0 Å². The maximum atomic E-state index is 6.66. The summed E-state index contributed by atoms with van der Waals surface area (Å²) in [6.07, 6.45) is 37.8. The van der Waals surface area contributed by atoms with E-state index in [4.69, 9.17) is 14.2 Å². The summed E-state index contributed by atoms with van der Waals surface area (Å²) in [6.45, 7) is 12.8. The fourth-order valence-electron chi connectivity index (χ4n) is 7.17. The molecular weight excluding hydrogens is 604 g/mol. The highest BCUT2D eigenvalue weighted by Gasteiger charge is 2.30. The molecule has 0 saturated carbocycles. The van der Waals surface area contributed by atoms with Crippen LogP contribution in [-0.4, -0.2) is 48.8 Å².